The van der Waals surface area contributed by atoms with Crippen LogP contribution in [0.4, 0.5) is 0 Å². The first-order valence-corrected chi connectivity index (χ1v) is 7.74. The molecule has 0 radical (unpaired) electrons. The molecule has 0 saturated heterocycles. The predicted octanol–water partition coefficient (Wildman–Crippen LogP) is 4.03. The fourth-order valence-corrected chi connectivity index (χ4v) is 3.33. The van der Waals surface area contributed by atoms with Crippen LogP contribution in [0.15, 0.2) is 0 Å². The highest BCUT2D eigenvalue weighted by Crippen LogP contribution is 2.43. The number of unbranched alkanes of at least 4 members (excludes halogenated alkanes) is 1. The van der Waals surface area contributed by atoms with E-state index in [1.165, 1.54) is 41.3 Å². The zero-order valence-corrected chi connectivity index (χ0v) is 12.1. The van der Waals surface area contributed by atoms with Gasteiger partial charge in [-0.3, -0.25) is 0 Å². The number of thiazole rings is 1. The minimum Gasteiger partial charge on any atom is -0.312 e. The first kappa shape index (κ1) is 13.0. The average molecular weight is 252 g/mol. The van der Waals surface area contributed by atoms with Gasteiger partial charge in [-0.05, 0) is 31.7 Å². The van der Waals surface area contributed by atoms with Gasteiger partial charge in [-0.25, -0.2) is 4.98 Å². The van der Waals surface area contributed by atoms with E-state index in [0.29, 0.717) is 5.92 Å². The monoisotopic (exact) mass is 252 g/mol. The summed E-state index contributed by atoms with van der Waals surface area (Å²) in [6.45, 7) is 8.88. The summed E-state index contributed by atoms with van der Waals surface area (Å²) in [4.78, 5) is 6.32. The second-order valence-corrected chi connectivity index (χ2v) is 6.44. The molecule has 1 aromatic rings. The van der Waals surface area contributed by atoms with E-state index in [1.807, 2.05) is 11.3 Å². The third kappa shape index (κ3) is 3.52. The summed E-state index contributed by atoms with van der Waals surface area (Å²) < 4.78 is 0. The Morgan fingerprint density at radius 3 is 2.76 bits per heavy atom. The van der Waals surface area contributed by atoms with Crippen LogP contribution in [-0.4, -0.2) is 11.5 Å². The van der Waals surface area contributed by atoms with Crippen molar-refractivity contribution in [1.82, 2.24) is 10.3 Å². The lowest BCUT2D eigenvalue weighted by atomic mass is 10.1. The van der Waals surface area contributed by atoms with Gasteiger partial charge in [0.1, 0.15) is 0 Å². The molecule has 1 fully saturated rings. The second-order valence-electron chi connectivity index (χ2n) is 5.32. The summed E-state index contributed by atoms with van der Waals surface area (Å²) in [5, 5.41) is 4.93. The minimum atomic E-state index is 0.557. The Morgan fingerprint density at radius 1 is 1.41 bits per heavy atom. The van der Waals surface area contributed by atoms with Gasteiger partial charge in [-0.2, -0.15) is 0 Å². The molecule has 1 aliphatic carbocycles. The van der Waals surface area contributed by atoms with Crippen LogP contribution >= 0.6 is 11.3 Å². The number of nitrogens with zero attached hydrogens (tertiary/aromatic N) is 1. The van der Waals surface area contributed by atoms with Gasteiger partial charge >= 0.3 is 0 Å². The van der Waals surface area contributed by atoms with Crippen molar-refractivity contribution in [2.75, 3.05) is 6.54 Å². The zero-order chi connectivity index (χ0) is 12.3. The van der Waals surface area contributed by atoms with Crippen molar-refractivity contribution in [2.24, 2.45) is 0 Å². The minimum absolute atomic E-state index is 0.557. The Labute approximate surface area is 109 Å². The van der Waals surface area contributed by atoms with Gasteiger partial charge in [0, 0.05) is 17.3 Å². The quantitative estimate of drug-likeness (QED) is 0.741. The Kier molecular flexibility index (Phi) is 4.57. The van der Waals surface area contributed by atoms with E-state index in [9.17, 15) is 0 Å². The molecular weight excluding hydrogens is 228 g/mol. The van der Waals surface area contributed by atoms with Crippen molar-refractivity contribution in [2.45, 2.75) is 64.8 Å². The molecule has 0 atom stereocenters. The Hall–Kier alpha value is -0.410. The van der Waals surface area contributed by atoms with Crippen molar-refractivity contribution in [3.8, 4) is 0 Å². The molecular formula is C14H24N2S. The molecule has 3 heteroatoms. The van der Waals surface area contributed by atoms with Gasteiger partial charge in [-0.15, -0.1) is 11.3 Å². The number of nitrogens with one attached hydrogen (secondary N) is 1. The van der Waals surface area contributed by atoms with Crippen molar-refractivity contribution >= 4 is 11.3 Å². The zero-order valence-electron chi connectivity index (χ0n) is 11.3. The van der Waals surface area contributed by atoms with Crippen molar-refractivity contribution in [3.63, 3.8) is 0 Å². The molecule has 0 aromatic carbocycles. The highest BCUT2D eigenvalue weighted by atomic mass is 32.1. The van der Waals surface area contributed by atoms with Crippen LogP contribution in [0.2, 0.25) is 0 Å². The SMILES string of the molecule is CCCCNCc1sc(C2CC2)nc1C(C)C. The first-order valence-electron chi connectivity index (χ1n) is 6.92. The number of rotatable bonds is 7. The van der Waals surface area contributed by atoms with Gasteiger partial charge in [-0.1, -0.05) is 27.2 Å². The van der Waals surface area contributed by atoms with E-state index in [4.69, 9.17) is 4.98 Å². The second kappa shape index (κ2) is 5.96. The van der Waals surface area contributed by atoms with Crippen LogP contribution in [0.3, 0.4) is 0 Å². The van der Waals surface area contributed by atoms with E-state index in [0.717, 1.165) is 19.0 Å². The normalized spacial score (nSPS) is 15.8. The van der Waals surface area contributed by atoms with Crippen molar-refractivity contribution < 1.29 is 0 Å². The standard InChI is InChI=1S/C14H24N2S/c1-4-5-8-15-9-12-13(10(2)3)16-14(17-12)11-6-7-11/h10-11,15H,4-9H2,1-3H3. The van der Waals surface area contributed by atoms with E-state index in [1.54, 1.807) is 0 Å². The third-order valence-electron chi connectivity index (χ3n) is 3.21. The van der Waals surface area contributed by atoms with Gasteiger partial charge in [0.25, 0.3) is 0 Å². The molecule has 2 nitrogen and oxygen atoms in total. The summed E-state index contributed by atoms with van der Waals surface area (Å²) in [5.74, 6) is 1.35. The molecule has 2 rings (SSSR count). The van der Waals surface area contributed by atoms with Crippen LogP contribution in [0.5, 0.6) is 0 Å². The fourth-order valence-electron chi connectivity index (χ4n) is 1.97. The van der Waals surface area contributed by atoms with Gasteiger partial charge in [0.2, 0.25) is 0 Å². The maximum absolute atomic E-state index is 4.85. The van der Waals surface area contributed by atoms with E-state index in [-0.39, 0.29) is 0 Å². The fraction of sp³-hybridized carbons (Fsp3) is 0.786. The third-order valence-corrected chi connectivity index (χ3v) is 4.44. The first-order chi connectivity index (χ1) is 8.22. The lowest BCUT2D eigenvalue weighted by Gasteiger charge is -2.06. The molecule has 1 aliphatic rings. The lowest BCUT2D eigenvalue weighted by Crippen LogP contribution is -2.14. The molecule has 96 valence electrons. The molecule has 17 heavy (non-hydrogen) atoms. The van der Waals surface area contributed by atoms with Gasteiger partial charge in [0.05, 0.1) is 10.7 Å². The summed E-state index contributed by atoms with van der Waals surface area (Å²) in [6.07, 6.45) is 5.24. The highest BCUT2D eigenvalue weighted by Gasteiger charge is 2.28. The molecule has 0 aliphatic heterocycles. The van der Waals surface area contributed by atoms with Crippen LogP contribution in [-0.2, 0) is 6.54 Å². The number of hydrogen-bond acceptors (Lipinski definition) is 3. The Morgan fingerprint density at radius 2 is 2.18 bits per heavy atom. The van der Waals surface area contributed by atoms with Crippen LogP contribution in [0, 0.1) is 0 Å². The highest BCUT2D eigenvalue weighted by molar-refractivity contribution is 7.11. The summed E-state index contributed by atoms with van der Waals surface area (Å²) in [6, 6.07) is 0. The van der Waals surface area contributed by atoms with E-state index in [2.05, 4.69) is 26.1 Å². The van der Waals surface area contributed by atoms with Crippen molar-refractivity contribution in [1.29, 1.82) is 0 Å². The lowest BCUT2D eigenvalue weighted by molar-refractivity contribution is 0.639. The van der Waals surface area contributed by atoms with Crippen LogP contribution in [0.1, 0.15) is 73.9 Å². The molecule has 0 bridgehead atoms. The molecule has 0 spiro atoms. The molecule has 1 aromatic heterocycles. The topological polar surface area (TPSA) is 24.9 Å². The van der Waals surface area contributed by atoms with Crippen molar-refractivity contribution in [3.05, 3.63) is 15.6 Å². The number of aromatic nitrogens is 1. The van der Waals surface area contributed by atoms with Gasteiger partial charge < -0.3 is 5.32 Å². The summed E-state index contributed by atoms with van der Waals surface area (Å²) in [5.41, 5.74) is 1.33. The largest absolute Gasteiger partial charge is 0.312 e. The maximum atomic E-state index is 4.85. The predicted molar refractivity (Wildman–Crippen MR) is 74.8 cm³/mol. The summed E-state index contributed by atoms with van der Waals surface area (Å²) >= 11 is 1.94. The molecule has 1 saturated carbocycles. The number of hydrogen-bond donors (Lipinski definition) is 1. The van der Waals surface area contributed by atoms with E-state index >= 15 is 0 Å². The Balaban J connectivity index is 1.97. The van der Waals surface area contributed by atoms with Crippen LogP contribution in [0.25, 0.3) is 0 Å². The molecule has 0 amide bonds. The maximum Gasteiger partial charge on any atom is 0.0962 e. The molecule has 1 heterocycles. The van der Waals surface area contributed by atoms with Gasteiger partial charge in [0.15, 0.2) is 0 Å². The average Bonchev–Trinajstić information content (AvgIpc) is 3.05. The van der Waals surface area contributed by atoms with Crippen LogP contribution < -0.4 is 5.32 Å². The molecule has 0 unspecified atom stereocenters. The molecule has 1 N–H and O–H groups in total. The Bertz CT molecular complexity index is 353. The smallest absolute Gasteiger partial charge is 0.0962 e. The van der Waals surface area contributed by atoms with E-state index < -0.39 is 0 Å². The summed E-state index contributed by atoms with van der Waals surface area (Å²) in [7, 11) is 0.